The first-order chi connectivity index (χ1) is 8.88. The summed E-state index contributed by atoms with van der Waals surface area (Å²) in [5.74, 6) is 1.80. The summed E-state index contributed by atoms with van der Waals surface area (Å²) < 4.78 is 5.98. The highest BCUT2D eigenvalue weighted by Crippen LogP contribution is 2.49. The van der Waals surface area contributed by atoms with Gasteiger partial charge in [0.1, 0.15) is 11.5 Å². The fourth-order valence-electron chi connectivity index (χ4n) is 2.14. The topological polar surface area (TPSA) is 29.5 Å². The first-order valence-electron chi connectivity index (χ1n) is 6.02. The standard InChI is InChI=1S/C15H14O2S/c16-10-9-14-11-5-1-2-6-12(11)17-13-7-3-4-8-15(13)18-14/h1-8,14,16H,9-10H2. The molecule has 0 aliphatic carbocycles. The molecule has 1 atom stereocenters. The van der Waals surface area contributed by atoms with E-state index in [1.807, 2.05) is 36.4 Å². The predicted octanol–water partition coefficient (Wildman–Crippen LogP) is 4.01. The van der Waals surface area contributed by atoms with E-state index in [-0.39, 0.29) is 11.9 Å². The van der Waals surface area contributed by atoms with Crippen molar-refractivity contribution in [1.29, 1.82) is 0 Å². The van der Waals surface area contributed by atoms with E-state index in [9.17, 15) is 5.11 Å². The summed E-state index contributed by atoms with van der Waals surface area (Å²) in [5, 5.41) is 9.47. The van der Waals surface area contributed by atoms with Gasteiger partial charge in [0, 0.05) is 17.4 Å². The van der Waals surface area contributed by atoms with Crippen LogP contribution in [0.3, 0.4) is 0 Å². The van der Waals surface area contributed by atoms with Gasteiger partial charge in [-0.2, -0.15) is 0 Å². The van der Waals surface area contributed by atoms with Gasteiger partial charge in [0.05, 0.1) is 4.90 Å². The number of thioether (sulfide) groups is 1. The third-order valence-corrected chi connectivity index (χ3v) is 4.36. The molecular weight excluding hydrogens is 244 g/mol. The number of benzene rings is 2. The Labute approximate surface area is 111 Å². The van der Waals surface area contributed by atoms with Crippen LogP contribution in [0.4, 0.5) is 0 Å². The van der Waals surface area contributed by atoms with Gasteiger partial charge in [0.2, 0.25) is 0 Å². The summed E-state index contributed by atoms with van der Waals surface area (Å²) >= 11 is 1.76. The fourth-order valence-corrected chi connectivity index (χ4v) is 3.37. The molecule has 0 saturated heterocycles. The van der Waals surface area contributed by atoms with Crippen LogP contribution in [0.25, 0.3) is 0 Å². The molecule has 1 N–H and O–H groups in total. The number of ether oxygens (including phenoxy) is 1. The van der Waals surface area contributed by atoms with Crippen molar-refractivity contribution >= 4 is 11.8 Å². The lowest BCUT2D eigenvalue weighted by molar-refractivity contribution is 0.287. The van der Waals surface area contributed by atoms with Gasteiger partial charge in [0.25, 0.3) is 0 Å². The van der Waals surface area contributed by atoms with Crippen LogP contribution in [0.5, 0.6) is 11.5 Å². The third kappa shape index (κ3) is 2.11. The van der Waals surface area contributed by atoms with Crippen LogP contribution in [-0.2, 0) is 0 Å². The van der Waals surface area contributed by atoms with E-state index < -0.39 is 0 Å². The Balaban J connectivity index is 2.08. The van der Waals surface area contributed by atoms with Crippen LogP contribution >= 0.6 is 11.8 Å². The van der Waals surface area contributed by atoms with Crippen LogP contribution in [0, 0.1) is 0 Å². The molecule has 92 valence electrons. The summed E-state index contributed by atoms with van der Waals surface area (Å²) in [4.78, 5) is 1.13. The molecule has 0 spiro atoms. The molecule has 0 radical (unpaired) electrons. The molecule has 0 fully saturated rings. The molecule has 3 rings (SSSR count). The zero-order chi connectivity index (χ0) is 12.4. The van der Waals surface area contributed by atoms with E-state index in [1.54, 1.807) is 11.8 Å². The summed E-state index contributed by atoms with van der Waals surface area (Å²) in [7, 11) is 0. The van der Waals surface area contributed by atoms with Crippen molar-refractivity contribution in [3.8, 4) is 11.5 Å². The monoisotopic (exact) mass is 258 g/mol. The first-order valence-corrected chi connectivity index (χ1v) is 6.90. The summed E-state index contributed by atoms with van der Waals surface area (Å²) in [6.45, 7) is 0.189. The minimum Gasteiger partial charge on any atom is -0.456 e. The molecule has 0 bridgehead atoms. The number of fused-ring (bicyclic) bond motifs is 2. The van der Waals surface area contributed by atoms with E-state index in [0.717, 1.165) is 28.4 Å². The quantitative estimate of drug-likeness (QED) is 0.882. The zero-order valence-electron chi connectivity index (χ0n) is 9.87. The van der Waals surface area contributed by atoms with Crippen LogP contribution in [-0.4, -0.2) is 11.7 Å². The Morgan fingerprint density at radius 2 is 1.72 bits per heavy atom. The molecule has 0 amide bonds. The Morgan fingerprint density at radius 3 is 2.56 bits per heavy atom. The van der Waals surface area contributed by atoms with Crippen molar-refractivity contribution in [3.05, 3.63) is 54.1 Å². The predicted molar refractivity (Wildman–Crippen MR) is 73.3 cm³/mol. The van der Waals surface area contributed by atoms with Crippen molar-refractivity contribution in [3.63, 3.8) is 0 Å². The summed E-state index contributed by atoms with van der Waals surface area (Å²) in [5.41, 5.74) is 1.16. The maximum Gasteiger partial charge on any atom is 0.141 e. The molecular formula is C15H14O2S. The molecule has 3 heteroatoms. The average molecular weight is 258 g/mol. The fraction of sp³-hybridized carbons (Fsp3) is 0.200. The Morgan fingerprint density at radius 1 is 1.00 bits per heavy atom. The largest absolute Gasteiger partial charge is 0.456 e. The molecule has 1 heterocycles. The average Bonchev–Trinajstić information content (AvgIpc) is 2.56. The smallest absolute Gasteiger partial charge is 0.141 e. The van der Waals surface area contributed by atoms with Crippen molar-refractivity contribution in [2.24, 2.45) is 0 Å². The van der Waals surface area contributed by atoms with E-state index in [1.165, 1.54) is 0 Å². The highest BCUT2D eigenvalue weighted by molar-refractivity contribution is 7.99. The number of aliphatic hydroxyl groups excluding tert-OH is 1. The zero-order valence-corrected chi connectivity index (χ0v) is 10.7. The van der Waals surface area contributed by atoms with Crippen LogP contribution in [0.2, 0.25) is 0 Å². The van der Waals surface area contributed by atoms with Crippen molar-refractivity contribution in [1.82, 2.24) is 0 Å². The molecule has 2 nitrogen and oxygen atoms in total. The minimum atomic E-state index is 0.189. The molecule has 1 unspecified atom stereocenters. The first kappa shape index (κ1) is 11.6. The van der Waals surface area contributed by atoms with Gasteiger partial charge >= 0.3 is 0 Å². The summed E-state index contributed by atoms with van der Waals surface area (Å²) in [6, 6.07) is 16.1. The Bertz CT molecular complexity index is 554. The normalized spacial score (nSPS) is 17.3. The highest BCUT2D eigenvalue weighted by atomic mass is 32.2. The van der Waals surface area contributed by atoms with Gasteiger partial charge < -0.3 is 9.84 Å². The molecule has 1 aliphatic heterocycles. The number of rotatable bonds is 2. The van der Waals surface area contributed by atoms with Gasteiger partial charge in [-0.15, -0.1) is 11.8 Å². The van der Waals surface area contributed by atoms with Gasteiger partial charge in [-0.25, -0.2) is 0 Å². The number of hydrogen-bond donors (Lipinski definition) is 1. The SMILES string of the molecule is OCCC1Sc2ccccc2Oc2ccccc21. The Hall–Kier alpha value is -1.45. The van der Waals surface area contributed by atoms with Crippen LogP contribution in [0.1, 0.15) is 17.2 Å². The van der Waals surface area contributed by atoms with Gasteiger partial charge in [-0.3, -0.25) is 0 Å². The van der Waals surface area contributed by atoms with Crippen LogP contribution < -0.4 is 4.74 Å². The molecule has 2 aromatic carbocycles. The molecule has 2 aromatic rings. The Kier molecular flexibility index (Phi) is 3.26. The molecule has 0 aromatic heterocycles. The maximum atomic E-state index is 9.23. The van der Waals surface area contributed by atoms with Crippen molar-refractivity contribution in [2.45, 2.75) is 16.6 Å². The lowest BCUT2D eigenvalue weighted by Gasteiger charge is -2.14. The number of para-hydroxylation sites is 2. The minimum absolute atomic E-state index is 0.189. The van der Waals surface area contributed by atoms with E-state index in [0.29, 0.717) is 0 Å². The highest BCUT2D eigenvalue weighted by Gasteiger charge is 2.23. The second-order valence-corrected chi connectivity index (χ2v) is 5.45. The van der Waals surface area contributed by atoms with Crippen LogP contribution in [0.15, 0.2) is 53.4 Å². The van der Waals surface area contributed by atoms with Crippen molar-refractivity contribution in [2.75, 3.05) is 6.61 Å². The van der Waals surface area contributed by atoms with E-state index >= 15 is 0 Å². The second-order valence-electron chi connectivity index (χ2n) is 4.21. The summed E-state index contributed by atoms with van der Waals surface area (Å²) in [6.07, 6.45) is 0.735. The second kappa shape index (κ2) is 5.04. The third-order valence-electron chi connectivity index (χ3n) is 3.00. The van der Waals surface area contributed by atoms with E-state index in [2.05, 4.69) is 12.1 Å². The van der Waals surface area contributed by atoms with Gasteiger partial charge in [0.15, 0.2) is 0 Å². The lowest BCUT2D eigenvalue weighted by atomic mass is 10.1. The van der Waals surface area contributed by atoms with Gasteiger partial charge in [-0.05, 0) is 24.6 Å². The van der Waals surface area contributed by atoms with Gasteiger partial charge in [-0.1, -0.05) is 30.3 Å². The number of aliphatic hydroxyl groups is 1. The molecule has 0 saturated carbocycles. The van der Waals surface area contributed by atoms with E-state index in [4.69, 9.17) is 4.74 Å². The lowest BCUT2D eigenvalue weighted by Crippen LogP contribution is -1.97. The number of hydrogen-bond acceptors (Lipinski definition) is 3. The van der Waals surface area contributed by atoms with Crippen molar-refractivity contribution < 1.29 is 9.84 Å². The molecule has 1 aliphatic rings. The molecule has 18 heavy (non-hydrogen) atoms. The maximum absolute atomic E-state index is 9.23.